The molecule has 1 heterocycles. The van der Waals surface area contributed by atoms with Crippen molar-refractivity contribution in [3.05, 3.63) is 11.1 Å². The molecule has 0 fully saturated rings. The van der Waals surface area contributed by atoms with E-state index in [0.717, 1.165) is 4.88 Å². The Kier molecular flexibility index (Phi) is 2.34. The fraction of sp³-hybridized carbons (Fsp3) is 0.667. The molecule has 0 amide bonds. The Balaban J connectivity index is 2.68. The minimum absolute atomic E-state index is 0.0972. The second-order valence-corrected chi connectivity index (χ2v) is 3.41. The molecule has 1 aromatic heterocycles. The van der Waals surface area contributed by atoms with Crippen molar-refractivity contribution in [3.8, 4) is 0 Å². The van der Waals surface area contributed by atoms with Crippen molar-refractivity contribution in [1.29, 1.82) is 0 Å². The molecule has 10 heavy (non-hydrogen) atoms. The van der Waals surface area contributed by atoms with Gasteiger partial charge in [-0.3, -0.25) is 0 Å². The van der Waals surface area contributed by atoms with Gasteiger partial charge >= 0.3 is 0 Å². The van der Waals surface area contributed by atoms with Crippen molar-refractivity contribution in [3.63, 3.8) is 0 Å². The van der Waals surface area contributed by atoms with E-state index < -0.39 is 0 Å². The van der Waals surface area contributed by atoms with Gasteiger partial charge in [0.25, 0.3) is 0 Å². The Hall–Kier alpha value is -0.480. The molecule has 0 aromatic carbocycles. The first-order chi connectivity index (χ1) is 4.72. The van der Waals surface area contributed by atoms with Crippen LogP contribution in [0.5, 0.6) is 0 Å². The van der Waals surface area contributed by atoms with E-state index in [1.54, 1.807) is 6.20 Å². The lowest BCUT2D eigenvalue weighted by atomic mass is 10.1. The number of hydrogen-bond acceptors (Lipinski definition) is 4. The van der Waals surface area contributed by atoms with Gasteiger partial charge in [0.05, 0.1) is 11.1 Å². The van der Waals surface area contributed by atoms with E-state index in [1.165, 1.54) is 11.5 Å². The van der Waals surface area contributed by atoms with Crippen LogP contribution in [0.4, 0.5) is 0 Å². The number of rotatable bonds is 2. The van der Waals surface area contributed by atoms with Crippen LogP contribution in [-0.4, -0.2) is 9.59 Å². The van der Waals surface area contributed by atoms with Crippen LogP contribution in [0.1, 0.15) is 24.8 Å². The molecule has 0 saturated carbocycles. The normalized spacial score (nSPS) is 14.0. The van der Waals surface area contributed by atoms with Crippen molar-refractivity contribution in [2.75, 3.05) is 0 Å². The van der Waals surface area contributed by atoms with Crippen molar-refractivity contribution in [2.24, 2.45) is 11.7 Å². The first-order valence-electron chi connectivity index (χ1n) is 3.24. The molecule has 1 atom stereocenters. The molecule has 0 radical (unpaired) electrons. The zero-order chi connectivity index (χ0) is 7.56. The van der Waals surface area contributed by atoms with Gasteiger partial charge in [0.2, 0.25) is 0 Å². The lowest BCUT2D eigenvalue weighted by Gasteiger charge is -2.11. The molecule has 0 bridgehead atoms. The maximum Gasteiger partial charge on any atom is 0.0669 e. The predicted octanol–water partition coefficient (Wildman–Crippen LogP) is 1.19. The average Bonchev–Trinajstić information content (AvgIpc) is 2.36. The number of hydrogen-bond donors (Lipinski definition) is 1. The van der Waals surface area contributed by atoms with Crippen LogP contribution in [-0.2, 0) is 0 Å². The first kappa shape index (κ1) is 7.63. The second-order valence-electron chi connectivity index (χ2n) is 2.59. The zero-order valence-electron chi connectivity index (χ0n) is 6.11. The van der Waals surface area contributed by atoms with Crippen molar-refractivity contribution < 1.29 is 0 Å². The molecular formula is C6H11N3S. The molecule has 1 aromatic rings. The second kappa shape index (κ2) is 3.07. The third kappa shape index (κ3) is 1.52. The van der Waals surface area contributed by atoms with Gasteiger partial charge in [-0.25, -0.2) is 0 Å². The Bertz CT molecular complexity index is 183. The van der Waals surface area contributed by atoms with Crippen LogP contribution < -0.4 is 5.73 Å². The molecule has 56 valence electrons. The Morgan fingerprint density at radius 3 is 2.70 bits per heavy atom. The molecule has 4 heteroatoms. The summed E-state index contributed by atoms with van der Waals surface area (Å²) in [6, 6.07) is 0.0972. The molecule has 0 saturated heterocycles. The van der Waals surface area contributed by atoms with E-state index in [1.807, 2.05) is 0 Å². The summed E-state index contributed by atoms with van der Waals surface area (Å²) in [4.78, 5) is 1.06. The maximum atomic E-state index is 5.81. The first-order valence-corrected chi connectivity index (χ1v) is 4.02. The van der Waals surface area contributed by atoms with Gasteiger partial charge in [0.1, 0.15) is 0 Å². The summed E-state index contributed by atoms with van der Waals surface area (Å²) in [6.07, 6.45) is 1.73. The van der Waals surface area contributed by atoms with Gasteiger partial charge in [0.15, 0.2) is 0 Å². The quantitative estimate of drug-likeness (QED) is 0.701. The van der Waals surface area contributed by atoms with Gasteiger partial charge in [-0.2, -0.15) is 0 Å². The van der Waals surface area contributed by atoms with Crippen LogP contribution in [0.25, 0.3) is 0 Å². The molecule has 3 nitrogen and oxygen atoms in total. The molecule has 0 aliphatic carbocycles. The van der Waals surface area contributed by atoms with E-state index in [4.69, 9.17) is 5.73 Å². The number of aromatic nitrogens is 2. The zero-order valence-corrected chi connectivity index (χ0v) is 6.93. The summed E-state index contributed by atoms with van der Waals surface area (Å²) >= 11 is 1.37. The average molecular weight is 157 g/mol. The van der Waals surface area contributed by atoms with Crippen molar-refractivity contribution >= 4 is 11.5 Å². The fourth-order valence-electron chi connectivity index (χ4n) is 0.650. The third-order valence-corrected chi connectivity index (χ3v) is 2.19. The summed E-state index contributed by atoms with van der Waals surface area (Å²) in [7, 11) is 0. The van der Waals surface area contributed by atoms with Crippen LogP contribution >= 0.6 is 11.5 Å². The van der Waals surface area contributed by atoms with Crippen LogP contribution in [0.3, 0.4) is 0 Å². The lowest BCUT2D eigenvalue weighted by molar-refractivity contribution is 0.521. The number of nitrogens with two attached hydrogens (primary N) is 1. The van der Waals surface area contributed by atoms with E-state index >= 15 is 0 Å². The van der Waals surface area contributed by atoms with Gasteiger partial charge in [-0.05, 0) is 17.5 Å². The molecule has 0 aliphatic rings. The highest BCUT2D eigenvalue weighted by Gasteiger charge is 2.11. The van der Waals surface area contributed by atoms with E-state index in [9.17, 15) is 0 Å². The third-order valence-electron chi connectivity index (χ3n) is 1.43. The molecular weight excluding hydrogens is 146 g/mol. The minimum atomic E-state index is 0.0972. The molecule has 1 unspecified atom stereocenters. The Morgan fingerprint density at radius 2 is 2.30 bits per heavy atom. The van der Waals surface area contributed by atoms with Crippen molar-refractivity contribution in [1.82, 2.24) is 9.59 Å². The topological polar surface area (TPSA) is 51.8 Å². The molecule has 0 spiro atoms. The highest BCUT2D eigenvalue weighted by Crippen LogP contribution is 2.19. The summed E-state index contributed by atoms with van der Waals surface area (Å²) < 4.78 is 3.74. The highest BCUT2D eigenvalue weighted by molar-refractivity contribution is 7.05. The van der Waals surface area contributed by atoms with E-state index in [0.29, 0.717) is 5.92 Å². The molecule has 1 rings (SSSR count). The van der Waals surface area contributed by atoms with Gasteiger partial charge in [-0.1, -0.05) is 18.3 Å². The molecule has 2 N–H and O–H groups in total. The predicted molar refractivity (Wildman–Crippen MR) is 41.7 cm³/mol. The summed E-state index contributed by atoms with van der Waals surface area (Å²) in [5.41, 5.74) is 5.81. The number of nitrogens with zero attached hydrogens (tertiary/aromatic N) is 2. The Labute approximate surface area is 64.4 Å². The fourth-order valence-corrected chi connectivity index (χ4v) is 1.33. The summed E-state index contributed by atoms with van der Waals surface area (Å²) in [6.45, 7) is 4.18. The standard InChI is InChI=1S/C6H11N3S/c1-4(2)6(7)5-3-8-9-10-5/h3-4,6H,7H2,1-2H3. The maximum absolute atomic E-state index is 5.81. The van der Waals surface area contributed by atoms with Crippen LogP contribution in [0, 0.1) is 5.92 Å². The van der Waals surface area contributed by atoms with Gasteiger partial charge in [0, 0.05) is 6.04 Å². The smallest absolute Gasteiger partial charge is 0.0669 e. The Morgan fingerprint density at radius 1 is 1.60 bits per heavy atom. The largest absolute Gasteiger partial charge is 0.323 e. The van der Waals surface area contributed by atoms with E-state index in [-0.39, 0.29) is 6.04 Å². The molecule has 0 aliphatic heterocycles. The van der Waals surface area contributed by atoms with E-state index in [2.05, 4.69) is 23.4 Å². The lowest BCUT2D eigenvalue weighted by Crippen LogP contribution is -2.14. The summed E-state index contributed by atoms with van der Waals surface area (Å²) in [5, 5.41) is 3.71. The summed E-state index contributed by atoms with van der Waals surface area (Å²) in [5.74, 6) is 0.460. The van der Waals surface area contributed by atoms with Crippen LogP contribution in [0.2, 0.25) is 0 Å². The highest BCUT2D eigenvalue weighted by atomic mass is 32.1. The monoisotopic (exact) mass is 157 g/mol. The SMILES string of the molecule is CC(C)C(N)c1cnns1. The van der Waals surface area contributed by atoms with Gasteiger partial charge in [-0.15, -0.1) is 5.10 Å². The van der Waals surface area contributed by atoms with Crippen molar-refractivity contribution in [2.45, 2.75) is 19.9 Å². The van der Waals surface area contributed by atoms with Gasteiger partial charge < -0.3 is 5.73 Å². The minimum Gasteiger partial charge on any atom is -0.323 e. The van der Waals surface area contributed by atoms with Crippen LogP contribution in [0.15, 0.2) is 6.20 Å².